The van der Waals surface area contributed by atoms with E-state index in [1.54, 1.807) is 27.8 Å². The smallest absolute Gasteiger partial charge is 0.248 e. The molecule has 9 nitrogen and oxygen atoms in total. The van der Waals surface area contributed by atoms with Gasteiger partial charge in [0, 0.05) is 16.0 Å². The molecule has 0 unspecified atom stereocenters. The van der Waals surface area contributed by atoms with Gasteiger partial charge >= 0.3 is 0 Å². The number of ether oxygens (including phenoxy) is 2. The van der Waals surface area contributed by atoms with E-state index in [1.807, 2.05) is 62.5 Å². The first-order chi connectivity index (χ1) is 17.7. The van der Waals surface area contributed by atoms with E-state index < -0.39 is 11.6 Å². The molecule has 0 saturated carbocycles. The lowest BCUT2D eigenvalue weighted by atomic mass is 9.99. The predicted octanol–water partition coefficient (Wildman–Crippen LogP) is 4.19. The van der Waals surface area contributed by atoms with Crippen molar-refractivity contribution >= 4 is 34.2 Å². The number of nitrogens with one attached hydrogen (secondary N) is 1. The highest BCUT2D eigenvalue weighted by atomic mass is 32.1. The number of nitrogens with zero attached hydrogens (tertiary/aromatic N) is 4. The highest BCUT2D eigenvalue weighted by Gasteiger charge is 2.36. The summed E-state index contributed by atoms with van der Waals surface area (Å²) in [5.74, 6) is 0.254. The van der Waals surface area contributed by atoms with Crippen LogP contribution in [0.3, 0.4) is 0 Å². The van der Waals surface area contributed by atoms with Crippen molar-refractivity contribution in [1.29, 1.82) is 0 Å². The van der Waals surface area contributed by atoms with Crippen LogP contribution in [0.4, 0.5) is 0 Å². The molecule has 0 aliphatic rings. The Labute approximate surface area is 220 Å². The lowest BCUT2D eigenvalue weighted by Crippen LogP contribution is -2.49. The van der Waals surface area contributed by atoms with Crippen LogP contribution in [0.2, 0.25) is 0 Å². The number of carbonyl (C=O) groups is 2. The van der Waals surface area contributed by atoms with E-state index in [2.05, 4.69) is 15.6 Å². The molecule has 37 heavy (non-hydrogen) atoms. The number of methoxy groups -OCH3 is 2. The third-order valence-electron chi connectivity index (χ3n) is 5.72. The zero-order valence-corrected chi connectivity index (χ0v) is 22.4. The minimum Gasteiger partial charge on any atom is -0.493 e. The summed E-state index contributed by atoms with van der Waals surface area (Å²) in [5.41, 5.74) is 1.43. The molecule has 0 bridgehead atoms. The number of para-hydroxylation sites is 2. The topological polar surface area (TPSA) is 98.6 Å². The Morgan fingerprint density at radius 2 is 1.84 bits per heavy atom. The number of benzene rings is 2. The lowest BCUT2D eigenvalue weighted by molar-refractivity contribution is -0.142. The van der Waals surface area contributed by atoms with Crippen LogP contribution in [-0.4, -0.2) is 51.5 Å². The van der Waals surface area contributed by atoms with Crippen molar-refractivity contribution in [3.63, 3.8) is 0 Å². The van der Waals surface area contributed by atoms with Gasteiger partial charge in [0.2, 0.25) is 11.8 Å². The first-order valence-corrected chi connectivity index (χ1v) is 12.7. The Kier molecular flexibility index (Phi) is 7.77. The van der Waals surface area contributed by atoms with Crippen LogP contribution < -0.4 is 14.8 Å². The number of aromatic nitrogens is 3. The van der Waals surface area contributed by atoms with Crippen molar-refractivity contribution in [3.8, 4) is 11.5 Å². The molecule has 2 aromatic carbocycles. The van der Waals surface area contributed by atoms with Gasteiger partial charge in [-0.15, -0.1) is 16.4 Å². The Balaban J connectivity index is 1.82. The van der Waals surface area contributed by atoms with E-state index in [9.17, 15) is 9.59 Å². The van der Waals surface area contributed by atoms with Gasteiger partial charge in [0.1, 0.15) is 18.1 Å². The van der Waals surface area contributed by atoms with Crippen LogP contribution in [0.25, 0.3) is 11.0 Å². The highest BCUT2D eigenvalue weighted by Crippen LogP contribution is 2.38. The summed E-state index contributed by atoms with van der Waals surface area (Å²) in [7, 11) is 3.06. The summed E-state index contributed by atoms with van der Waals surface area (Å²) in [4.78, 5) is 30.4. The number of carbonyl (C=O) groups excluding carboxylic acids is 2. The second-order valence-electron chi connectivity index (χ2n) is 9.56. The molecule has 1 atom stereocenters. The highest BCUT2D eigenvalue weighted by molar-refractivity contribution is 7.09. The zero-order valence-electron chi connectivity index (χ0n) is 21.6. The van der Waals surface area contributed by atoms with Crippen molar-refractivity contribution in [1.82, 2.24) is 25.2 Å². The molecule has 0 radical (unpaired) electrons. The van der Waals surface area contributed by atoms with Gasteiger partial charge in [-0.1, -0.05) is 35.5 Å². The summed E-state index contributed by atoms with van der Waals surface area (Å²) in [5, 5.41) is 13.4. The standard InChI is InChI=1S/C27H31N5O4S/c1-27(2,3)28-26(34)24(19-11-8-14-22(35-4)25(19)36-5)31(16-18-10-9-15-37-18)23(33)17-32-21-13-7-6-12-20(21)29-30-32/h6-15,24H,16-17H2,1-5H3,(H,28,34)/t24-/m1/s1. The number of hydrogen-bond acceptors (Lipinski definition) is 7. The molecule has 2 aromatic heterocycles. The van der Waals surface area contributed by atoms with Crippen LogP contribution in [0.15, 0.2) is 60.0 Å². The summed E-state index contributed by atoms with van der Waals surface area (Å²) in [6.07, 6.45) is 0. The molecule has 0 aliphatic heterocycles. The fraction of sp³-hybridized carbons (Fsp3) is 0.333. The monoisotopic (exact) mass is 521 g/mol. The van der Waals surface area contributed by atoms with Crippen LogP contribution in [0, 0.1) is 0 Å². The Morgan fingerprint density at radius 3 is 2.51 bits per heavy atom. The van der Waals surface area contributed by atoms with Crippen molar-refractivity contribution in [3.05, 3.63) is 70.4 Å². The summed E-state index contributed by atoms with van der Waals surface area (Å²) in [6, 6.07) is 15.6. The molecule has 1 N–H and O–H groups in total. The van der Waals surface area contributed by atoms with Gasteiger partial charge in [-0.25, -0.2) is 4.68 Å². The van der Waals surface area contributed by atoms with E-state index in [0.717, 1.165) is 10.4 Å². The average molecular weight is 522 g/mol. The molecule has 0 aliphatic carbocycles. The van der Waals surface area contributed by atoms with Crippen molar-refractivity contribution in [2.24, 2.45) is 0 Å². The molecular weight excluding hydrogens is 490 g/mol. The lowest BCUT2D eigenvalue weighted by Gasteiger charge is -2.34. The number of fused-ring (bicyclic) bond motifs is 1. The van der Waals surface area contributed by atoms with Gasteiger partial charge in [0.05, 0.1) is 26.3 Å². The molecule has 10 heteroatoms. The largest absolute Gasteiger partial charge is 0.493 e. The zero-order chi connectivity index (χ0) is 26.6. The van der Waals surface area contributed by atoms with Gasteiger partial charge in [-0.05, 0) is 50.4 Å². The third kappa shape index (κ3) is 5.91. The molecule has 4 aromatic rings. The average Bonchev–Trinajstić information content (AvgIpc) is 3.52. The van der Waals surface area contributed by atoms with Gasteiger partial charge in [0.15, 0.2) is 11.5 Å². The van der Waals surface area contributed by atoms with E-state index >= 15 is 0 Å². The van der Waals surface area contributed by atoms with Crippen LogP contribution in [0.5, 0.6) is 11.5 Å². The van der Waals surface area contributed by atoms with E-state index in [1.165, 1.54) is 25.6 Å². The van der Waals surface area contributed by atoms with Crippen LogP contribution in [-0.2, 0) is 22.7 Å². The quantitative estimate of drug-likeness (QED) is 0.355. The maximum absolute atomic E-state index is 14.0. The van der Waals surface area contributed by atoms with Crippen LogP contribution >= 0.6 is 11.3 Å². The molecule has 0 saturated heterocycles. The second-order valence-corrected chi connectivity index (χ2v) is 10.6. The normalized spacial score (nSPS) is 12.2. The third-order valence-corrected chi connectivity index (χ3v) is 6.58. The van der Waals surface area contributed by atoms with Gasteiger partial charge in [-0.2, -0.15) is 0 Å². The Morgan fingerprint density at radius 1 is 1.05 bits per heavy atom. The number of rotatable bonds is 9. The van der Waals surface area contributed by atoms with Crippen LogP contribution in [0.1, 0.15) is 37.3 Å². The minimum absolute atomic E-state index is 0.0858. The van der Waals surface area contributed by atoms with Crippen molar-refractivity contribution < 1.29 is 19.1 Å². The van der Waals surface area contributed by atoms with Gasteiger partial charge < -0.3 is 19.7 Å². The minimum atomic E-state index is -0.992. The fourth-order valence-corrected chi connectivity index (χ4v) is 4.87. The molecule has 2 heterocycles. The van der Waals surface area contributed by atoms with Crippen molar-refractivity contribution in [2.75, 3.05) is 14.2 Å². The van der Waals surface area contributed by atoms with E-state index in [-0.39, 0.29) is 24.9 Å². The maximum atomic E-state index is 14.0. The predicted molar refractivity (Wildman–Crippen MR) is 143 cm³/mol. The van der Waals surface area contributed by atoms with Crippen molar-refractivity contribution in [2.45, 2.75) is 45.4 Å². The fourth-order valence-electron chi connectivity index (χ4n) is 4.16. The number of amides is 2. The molecule has 194 valence electrons. The molecule has 4 rings (SSSR count). The Bertz CT molecular complexity index is 1380. The molecule has 0 spiro atoms. The SMILES string of the molecule is COc1cccc([C@H](C(=O)NC(C)(C)C)N(Cc2cccs2)C(=O)Cn2nnc3ccccc32)c1OC. The summed E-state index contributed by atoms with van der Waals surface area (Å²) >= 11 is 1.52. The van der Waals surface area contributed by atoms with E-state index in [4.69, 9.17) is 9.47 Å². The molecule has 0 fully saturated rings. The number of hydrogen-bond donors (Lipinski definition) is 1. The van der Waals surface area contributed by atoms with E-state index in [0.29, 0.717) is 22.6 Å². The molecular formula is C27H31N5O4S. The van der Waals surface area contributed by atoms with Gasteiger partial charge in [0.25, 0.3) is 0 Å². The summed E-state index contributed by atoms with van der Waals surface area (Å²) in [6.45, 7) is 5.84. The second kappa shape index (κ2) is 11.0. The number of thiophene rings is 1. The first kappa shape index (κ1) is 26.2. The Hall–Kier alpha value is -3.92. The first-order valence-electron chi connectivity index (χ1n) is 11.8. The maximum Gasteiger partial charge on any atom is 0.248 e. The van der Waals surface area contributed by atoms with Gasteiger partial charge in [-0.3, -0.25) is 9.59 Å². The molecule has 2 amide bonds. The summed E-state index contributed by atoms with van der Waals surface area (Å²) < 4.78 is 12.8.